The highest BCUT2D eigenvalue weighted by molar-refractivity contribution is 6.34. The summed E-state index contributed by atoms with van der Waals surface area (Å²) in [5.74, 6) is -1.59. The lowest BCUT2D eigenvalue weighted by molar-refractivity contribution is -0.143. The smallest absolute Gasteiger partial charge is 0.311 e. The molecule has 0 unspecified atom stereocenters. The maximum absolute atomic E-state index is 11.5. The first kappa shape index (κ1) is 15.2. The highest BCUT2D eigenvalue weighted by Crippen LogP contribution is 2.25. The first-order valence-corrected chi connectivity index (χ1v) is 6.28. The lowest BCUT2D eigenvalue weighted by atomic mass is 9.85. The Morgan fingerprint density at radius 3 is 2.32 bits per heavy atom. The molecule has 0 spiro atoms. The van der Waals surface area contributed by atoms with E-state index < -0.39 is 11.8 Å². The molecule has 0 saturated heterocycles. The molecule has 0 aromatic heterocycles. The second-order valence-corrected chi connectivity index (χ2v) is 5.92. The van der Waals surface area contributed by atoms with Crippen molar-refractivity contribution in [2.45, 2.75) is 39.7 Å². The number of hydrogen-bond donors (Lipinski definition) is 1. The Labute approximate surface area is 114 Å². The van der Waals surface area contributed by atoms with E-state index in [-0.39, 0.29) is 5.41 Å². The zero-order valence-corrected chi connectivity index (χ0v) is 12.3. The predicted molar refractivity (Wildman–Crippen MR) is 75.5 cm³/mol. The lowest BCUT2D eigenvalue weighted by Gasteiger charge is -2.22. The molecule has 2 N–H and O–H groups in total. The summed E-state index contributed by atoms with van der Waals surface area (Å²) in [5, 5.41) is 0. The molecule has 1 aromatic rings. The topological polar surface area (TPSA) is 63.4 Å². The van der Waals surface area contributed by atoms with Gasteiger partial charge in [-0.3, -0.25) is 9.59 Å². The van der Waals surface area contributed by atoms with Gasteiger partial charge in [-0.05, 0) is 29.0 Å². The van der Waals surface area contributed by atoms with Crippen molar-refractivity contribution in [3.8, 4) is 0 Å². The molecule has 0 aliphatic heterocycles. The van der Waals surface area contributed by atoms with Crippen molar-refractivity contribution in [2.24, 2.45) is 5.73 Å². The first-order valence-electron chi connectivity index (χ1n) is 6.28. The molecule has 104 valence electrons. The van der Waals surface area contributed by atoms with Crippen molar-refractivity contribution in [2.75, 3.05) is 7.05 Å². The zero-order valence-electron chi connectivity index (χ0n) is 12.3. The van der Waals surface area contributed by atoms with Crippen LogP contribution in [0, 0.1) is 6.92 Å². The van der Waals surface area contributed by atoms with Gasteiger partial charge in [0, 0.05) is 13.6 Å². The third-order valence-electron chi connectivity index (χ3n) is 3.18. The highest BCUT2D eigenvalue weighted by Gasteiger charge is 2.18. The van der Waals surface area contributed by atoms with E-state index in [1.807, 2.05) is 13.0 Å². The number of primary amides is 1. The maximum Gasteiger partial charge on any atom is 0.311 e. The Kier molecular flexibility index (Phi) is 4.35. The van der Waals surface area contributed by atoms with Gasteiger partial charge in [0.1, 0.15) is 0 Å². The van der Waals surface area contributed by atoms with Gasteiger partial charge in [0.15, 0.2) is 0 Å². The maximum atomic E-state index is 11.5. The van der Waals surface area contributed by atoms with Crippen LogP contribution >= 0.6 is 0 Å². The summed E-state index contributed by atoms with van der Waals surface area (Å²) in [7, 11) is 1.58. The fourth-order valence-electron chi connectivity index (χ4n) is 1.82. The number of benzene rings is 1. The number of nitrogens with zero attached hydrogens (tertiary/aromatic N) is 1. The molecule has 1 rings (SSSR count). The van der Waals surface area contributed by atoms with E-state index in [1.165, 1.54) is 10.5 Å². The van der Waals surface area contributed by atoms with E-state index >= 15 is 0 Å². The Balaban J connectivity index is 3.01. The molecular formula is C15H22N2O2. The fourth-order valence-corrected chi connectivity index (χ4v) is 1.82. The van der Waals surface area contributed by atoms with Crippen molar-refractivity contribution in [3.63, 3.8) is 0 Å². The number of nitrogens with two attached hydrogens (primary N) is 1. The van der Waals surface area contributed by atoms with Crippen molar-refractivity contribution < 1.29 is 9.59 Å². The van der Waals surface area contributed by atoms with Gasteiger partial charge in [0.05, 0.1) is 0 Å². The second-order valence-electron chi connectivity index (χ2n) is 5.92. The van der Waals surface area contributed by atoms with E-state index in [4.69, 9.17) is 5.73 Å². The van der Waals surface area contributed by atoms with Gasteiger partial charge in [-0.15, -0.1) is 0 Å². The molecule has 2 amide bonds. The molecule has 0 aliphatic carbocycles. The van der Waals surface area contributed by atoms with Crippen LogP contribution in [-0.4, -0.2) is 23.8 Å². The zero-order chi connectivity index (χ0) is 14.8. The SMILES string of the molecule is Cc1ccc(C(C)(C)C)cc1CN(C)C(=O)C(N)=O. The number of likely N-dealkylation sites (N-methyl/N-ethyl adjacent to an activating group) is 1. The largest absolute Gasteiger partial charge is 0.361 e. The van der Waals surface area contributed by atoms with E-state index in [2.05, 4.69) is 32.9 Å². The summed E-state index contributed by atoms with van der Waals surface area (Å²) < 4.78 is 0. The molecule has 4 nitrogen and oxygen atoms in total. The summed E-state index contributed by atoms with van der Waals surface area (Å²) >= 11 is 0. The lowest BCUT2D eigenvalue weighted by Crippen LogP contribution is -2.37. The second kappa shape index (κ2) is 5.43. The van der Waals surface area contributed by atoms with Crippen molar-refractivity contribution in [1.29, 1.82) is 0 Å². The molecule has 0 bridgehead atoms. The number of aryl methyl sites for hydroxylation is 1. The molecule has 0 saturated carbocycles. The van der Waals surface area contributed by atoms with Gasteiger partial charge in [0.2, 0.25) is 0 Å². The number of hydrogen-bond acceptors (Lipinski definition) is 2. The first-order chi connectivity index (χ1) is 8.62. The summed E-state index contributed by atoms with van der Waals surface area (Å²) in [6, 6.07) is 6.22. The Morgan fingerprint density at radius 2 is 1.84 bits per heavy atom. The minimum absolute atomic E-state index is 0.0503. The van der Waals surface area contributed by atoms with Crippen LogP contribution in [0.1, 0.15) is 37.5 Å². The Bertz CT molecular complexity index is 501. The minimum atomic E-state index is -0.924. The Morgan fingerprint density at radius 1 is 1.26 bits per heavy atom. The standard InChI is InChI=1S/C15H22N2O2/c1-10-6-7-12(15(2,3)4)8-11(10)9-17(5)14(19)13(16)18/h6-8H,9H2,1-5H3,(H2,16,18). The van der Waals surface area contributed by atoms with Crippen LogP contribution in [0.25, 0.3) is 0 Å². The fraction of sp³-hybridized carbons (Fsp3) is 0.467. The number of amides is 2. The summed E-state index contributed by atoms with van der Waals surface area (Å²) in [6.45, 7) is 8.79. The monoisotopic (exact) mass is 262 g/mol. The van der Waals surface area contributed by atoms with Crippen molar-refractivity contribution in [3.05, 3.63) is 34.9 Å². The van der Waals surface area contributed by atoms with Crippen LogP contribution < -0.4 is 5.73 Å². The van der Waals surface area contributed by atoms with Crippen LogP contribution in [0.2, 0.25) is 0 Å². The van der Waals surface area contributed by atoms with E-state index in [9.17, 15) is 9.59 Å². The van der Waals surface area contributed by atoms with E-state index in [1.54, 1.807) is 7.05 Å². The van der Waals surface area contributed by atoms with E-state index in [0.717, 1.165) is 11.1 Å². The average molecular weight is 262 g/mol. The third kappa shape index (κ3) is 3.81. The van der Waals surface area contributed by atoms with Gasteiger partial charge in [-0.2, -0.15) is 0 Å². The van der Waals surface area contributed by atoms with Crippen LogP contribution in [0.15, 0.2) is 18.2 Å². The van der Waals surface area contributed by atoms with Gasteiger partial charge in [0.25, 0.3) is 0 Å². The van der Waals surface area contributed by atoms with Gasteiger partial charge >= 0.3 is 11.8 Å². The van der Waals surface area contributed by atoms with Crippen LogP contribution in [0.3, 0.4) is 0 Å². The van der Waals surface area contributed by atoms with Gasteiger partial charge < -0.3 is 10.6 Å². The van der Waals surface area contributed by atoms with Crippen molar-refractivity contribution >= 4 is 11.8 Å². The summed E-state index contributed by atoms with van der Waals surface area (Å²) in [6.07, 6.45) is 0. The van der Waals surface area contributed by atoms with Crippen molar-refractivity contribution in [1.82, 2.24) is 4.90 Å². The van der Waals surface area contributed by atoms with Crippen LogP contribution in [0.5, 0.6) is 0 Å². The molecule has 4 heteroatoms. The molecule has 19 heavy (non-hydrogen) atoms. The third-order valence-corrected chi connectivity index (χ3v) is 3.18. The number of carbonyl (C=O) groups is 2. The van der Waals surface area contributed by atoms with Crippen LogP contribution in [-0.2, 0) is 21.5 Å². The number of carbonyl (C=O) groups excluding carboxylic acids is 2. The summed E-state index contributed by atoms with van der Waals surface area (Å²) in [5.41, 5.74) is 8.38. The number of rotatable bonds is 2. The Hall–Kier alpha value is -1.84. The summed E-state index contributed by atoms with van der Waals surface area (Å²) in [4.78, 5) is 23.7. The van der Waals surface area contributed by atoms with Gasteiger partial charge in [-0.1, -0.05) is 39.0 Å². The molecule has 1 aromatic carbocycles. The molecule has 0 atom stereocenters. The van der Waals surface area contributed by atoms with Gasteiger partial charge in [-0.25, -0.2) is 0 Å². The minimum Gasteiger partial charge on any atom is -0.361 e. The molecular weight excluding hydrogens is 240 g/mol. The van der Waals surface area contributed by atoms with E-state index in [0.29, 0.717) is 6.54 Å². The normalized spacial score (nSPS) is 11.2. The average Bonchev–Trinajstić information content (AvgIpc) is 2.29. The predicted octanol–water partition coefficient (Wildman–Crippen LogP) is 1.74. The molecule has 0 fully saturated rings. The molecule has 0 aliphatic rings. The molecule has 0 radical (unpaired) electrons. The highest BCUT2D eigenvalue weighted by atomic mass is 16.2. The quantitative estimate of drug-likeness (QED) is 0.825. The molecule has 0 heterocycles. The van der Waals surface area contributed by atoms with Crippen LogP contribution in [0.4, 0.5) is 0 Å².